The van der Waals surface area contributed by atoms with Crippen molar-refractivity contribution in [2.45, 2.75) is 18.7 Å². The number of hydrogen-bond acceptors (Lipinski definition) is 6. The molecule has 1 saturated heterocycles. The second-order valence-corrected chi connectivity index (χ2v) is 8.16. The van der Waals surface area contributed by atoms with Crippen molar-refractivity contribution in [1.82, 2.24) is 24.0 Å². The molecule has 4 heterocycles. The molecule has 10 nitrogen and oxygen atoms in total. The van der Waals surface area contributed by atoms with Crippen LogP contribution in [0.15, 0.2) is 49.1 Å². The Bertz CT molecular complexity index is 1360. The topological polar surface area (TPSA) is 128 Å². The van der Waals surface area contributed by atoms with Gasteiger partial charge in [0.2, 0.25) is 5.91 Å². The van der Waals surface area contributed by atoms with Gasteiger partial charge in [-0.05, 0) is 30.3 Å². The molecule has 1 aliphatic rings. The number of hydrogen-bond donors (Lipinski definition) is 2. The highest BCUT2D eigenvalue weighted by Crippen LogP contribution is 2.29. The summed E-state index contributed by atoms with van der Waals surface area (Å²) in [6.07, 6.45) is 4.24. The summed E-state index contributed by atoms with van der Waals surface area (Å²) in [7, 11) is 1.65. The molecule has 4 aromatic rings. The summed E-state index contributed by atoms with van der Waals surface area (Å²) in [6, 6.07) is 8.37. The quantitative estimate of drug-likeness (QED) is 0.456. The second kappa shape index (κ2) is 8.30. The lowest BCUT2D eigenvalue weighted by Gasteiger charge is -2.18. The number of imidazole rings is 1. The smallest absolute Gasteiger partial charge is 0.254 e. The minimum Gasteiger partial charge on any atom is -0.389 e. The van der Waals surface area contributed by atoms with E-state index >= 15 is 0 Å². The highest BCUT2D eigenvalue weighted by atomic mass is 16.5. The van der Waals surface area contributed by atoms with E-state index in [1.54, 1.807) is 53.4 Å². The van der Waals surface area contributed by atoms with Crippen LogP contribution in [-0.4, -0.2) is 73.8 Å². The molecule has 0 spiro atoms. The number of amides is 2. The number of fused-ring (bicyclic) bond motifs is 2. The van der Waals surface area contributed by atoms with Gasteiger partial charge in [-0.3, -0.25) is 9.59 Å². The second-order valence-electron chi connectivity index (χ2n) is 8.16. The first kappa shape index (κ1) is 21.1. The fourth-order valence-electron chi connectivity index (χ4n) is 4.50. The summed E-state index contributed by atoms with van der Waals surface area (Å²) in [5.74, 6) is -0.712. The van der Waals surface area contributed by atoms with Gasteiger partial charge >= 0.3 is 0 Å². The summed E-state index contributed by atoms with van der Waals surface area (Å²) in [5.41, 5.74) is 8.56. The Kier molecular flexibility index (Phi) is 5.31. The lowest BCUT2D eigenvalue weighted by molar-refractivity contribution is 0.0764. The lowest BCUT2D eigenvalue weighted by Crippen LogP contribution is -2.29. The monoisotopic (exact) mass is 448 g/mol. The molecule has 1 aromatic carbocycles. The van der Waals surface area contributed by atoms with Gasteiger partial charge < -0.3 is 29.6 Å². The molecule has 2 amide bonds. The van der Waals surface area contributed by atoms with E-state index in [-0.39, 0.29) is 18.5 Å². The molecule has 3 N–H and O–H groups in total. The van der Waals surface area contributed by atoms with Crippen molar-refractivity contribution >= 4 is 33.9 Å². The molecule has 0 bridgehead atoms. The van der Waals surface area contributed by atoms with Gasteiger partial charge in [-0.15, -0.1) is 0 Å². The zero-order valence-electron chi connectivity index (χ0n) is 18.1. The van der Waals surface area contributed by atoms with E-state index < -0.39 is 12.0 Å². The number of nitrogens with zero attached hydrogens (tertiary/aromatic N) is 5. The van der Waals surface area contributed by atoms with E-state index in [2.05, 4.69) is 9.97 Å². The van der Waals surface area contributed by atoms with E-state index in [1.165, 1.54) is 6.20 Å². The van der Waals surface area contributed by atoms with Gasteiger partial charge in [0.05, 0.1) is 41.7 Å². The van der Waals surface area contributed by atoms with Crippen molar-refractivity contribution in [1.29, 1.82) is 0 Å². The van der Waals surface area contributed by atoms with Gasteiger partial charge in [-0.1, -0.05) is 0 Å². The number of ether oxygens (including phenoxy) is 1. The normalized spacial score (nSPS) is 18.4. The molecule has 0 aliphatic carbocycles. The third-order valence-electron chi connectivity index (χ3n) is 6.19. The number of aliphatic hydroxyl groups excluding tert-OH is 1. The zero-order valence-corrected chi connectivity index (χ0v) is 18.1. The van der Waals surface area contributed by atoms with Crippen molar-refractivity contribution in [3.8, 4) is 0 Å². The first-order chi connectivity index (χ1) is 16.0. The standard InChI is InChI=1S/C23H24N6O4/c1-33-9-8-27-13-26-17-10-14(2-3-18(17)27)23(32)28-11-19(20(30)12-28)29-7-5-16-15(21(24)31)4-6-25-22(16)29/h2-7,10,13,19-20,30H,8-9,11-12H2,1H3,(H2,24,31)/t19-,20-/m1/s1. The van der Waals surface area contributed by atoms with Crippen LogP contribution in [0.2, 0.25) is 0 Å². The number of rotatable bonds is 6. The predicted molar refractivity (Wildman–Crippen MR) is 121 cm³/mol. The van der Waals surface area contributed by atoms with E-state index in [1.807, 2.05) is 10.6 Å². The van der Waals surface area contributed by atoms with Crippen LogP contribution in [0, 0.1) is 0 Å². The Hall–Kier alpha value is -3.76. The number of aromatic nitrogens is 4. The lowest BCUT2D eigenvalue weighted by atomic mass is 10.1. The van der Waals surface area contributed by atoms with Gasteiger partial charge in [0, 0.05) is 50.1 Å². The summed E-state index contributed by atoms with van der Waals surface area (Å²) < 4.78 is 8.91. The Labute approximate surface area is 189 Å². The van der Waals surface area contributed by atoms with Crippen LogP contribution in [0.4, 0.5) is 0 Å². The number of likely N-dealkylation sites (tertiary alicyclic amines) is 1. The summed E-state index contributed by atoms with van der Waals surface area (Å²) in [4.78, 5) is 35.3. The molecule has 170 valence electrons. The van der Waals surface area contributed by atoms with Crippen LogP contribution in [-0.2, 0) is 11.3 Å². The summed E-state index contributed by atoms with van der Waals surface area (Å²) in [6.45, 7) is 1.76. The molecular formula is C23H24N6O4. The third-order valence-corrected chi connectivity index (χ3v) is 6.19. The average Bonchev–Trinajstić information content (AvgIpc) is 3.52. The van der Waals surface area contributed by atoms with Crippen molar-refractivity contribution in [2.75, 3.05) is 26.8 Å². The Balaban J connectivity index is 1.39. The number of methoxy groups -OCH3 is 1. The number of primary amides is 1. The molecule has 5 rings (SSSR count). The highest BCUT2D eigenvalue weighted by Gasteiger charge is 2.36. The summed E-state index contributed by atoms with van der Waals surface area (Å²) in [5, 5.41) is 11.4. The average molecular weight is 448 g/mol. The van der Waals surface area contributed by atoms with Crippen LogP contribution in [0.1, 0.15) is 26.8 Å². The molecule has 2 atom stereocenters. The highest BCUT2D eigenvalue weighted by molar-refractivity contribution is 6.04. The number of carbonyl (C=O) groups is 2. The molecule has 0 radical (unpaired) electrons. The molecule has 3 aromatic heterocycles. The maximum absolute atomic E-state index is 13.2. The largest absolute Gasteiger partial charge is 0.389 e. The minimum absolute atomic E-state index is 0.174. The van der Waals surface area contributed by atoms with Crippen LogP contribution >= 0.6 is 0 Å². The molecule has 1 fully saturated rings. The predicted octanol–water partition coefficient (Wildman–Crippen LogP) is 1.19. The molecular weight excluding hydrogens is 424 g/mol. The Morgan fingerprint density at radius 3 is 2.85 bits per heavy atom. The number of benzene rings is 1. The zero-order chi connectivity index (χ0) is 23.1. The van der Waals surface area contributed by atoms with Crippen molar-refractivity contribution in [3.05, 3.63) is 60.2 Å². The van der Waals surface area contributed by atoms with E-state index in [0.717, 1.165) is 11.0 Å². The van der Waals surface area contributed by atoms with Crippen LogP contribution < -0.4 is 5.73 Å². The number of carbonyl (C=O) groups excluding carboxylic acids is 2. The molecule has 0 saturated carbocycles. The fourth-order valence-corrected chi connectivity index (χ4v) is 4.50. The number of nitrogens with two attached hydrogens (primary N) is 1. The number of pyridine rings is 1. The van der Waals surface area contributed by atoms with Gasteiger partial charge in [0.15, 0.2) is 0 Å². The maximum atomic E-state index is 13.2. The summed E-state index contributed by atoms with van der Waals surface area (Å²) >= 11 is 0. The maximum Gasteiger partial charge on any atom is 0.254 e. The fraction of sp³-hybridized carbons (Fsp3) is 0.304. The molecule has 1 aliphatic heterocycles. The van der Waals surface area contributed by atoms with Gasteiger partial charge in [0.1, 0.15) is 5.65 Å². The van der Waals surface area contributed by atoms with Gasteiger partial charge in [-0.25, -0.2) is 9.97 Å². The van der Waals surface area contributed by atoms with E-state index in [0.29, 0.717) is 41.9 Å². The minimum atomic E-state index is -0.777. The molecule has 10 heteroatoms. The first-order valence-electron chi connectivity index (χ1n) is 10.6. The van der Waals surface area contributed by atoms with E-state index in [4.69, 9.17) is 10.5 Å². The van der Waals surface area contributed by atoms with E-state index in [9.17, 15) is 14.7 Å². The molecule has 0 unspecified atom stereocenters. The molecule has 33 heavy (non-hydrogen) atoms. The Morgan fingerprint density at radius 1 is 1.21 bits per heavy atom. The first-order valence-corrected chi connectivity index (χ1v) is 10.6. The van der Waals surface area contributed by atoms with Crippen molar-refractivity contribution < 1.29 is 19.4 Å². The van der Waals surface area contributed by atoms with Crippen LogP contribution in [0.5, 0.6) is 0 Å². The third kappa shape index (κ3) is 3.62. The van der Waals surface area contributed by atoms with Crippen LogP contribution in [0.3, 0.4) is 0 Å². The SMILES string of the molecule is COCCn1cnc2cc(C(=O)N3C[C@@H](O)[C@H](n4ccc5c(C(N)=O)ccnc54)C3)ccc21. The van der Waals surface area contributed by atoms with Crippen molar-refractivity contribution in [2.24, 2.45) is 5.73 Å². The van der Waals surface area contributed by atoms with Gasteiger partial charge in [-0.2, -0.15) is 0 Å². The van der Waals surface area contributed by atoms with Crippen LogP contribution in [0.25, 0.3) is 22.1 Å². The number of β-amino-alcohol motifs (C(OH)–C–C–N with tert-alkyl or cyclic N) is 1. The van der Waals surface area contributed by atoms with Gasteiger partial charge in [0.25, 0.3) is 5.91 Å². The van der Waals surface area contributed by atoms with Crippen molar-refractivity contribution in [3.63, 3.8) is 0 Å². The Morgan fingerprint density at radius 2 is 2.06 bits per heavy atom. The number of aliphatic hydroxyl groups is 1.